The number of unbranched alkanes of at least 4 members (excludes halogenated alkanes) is 7. The number of carbonyl (C=O) groups excluding carboxylic acids is 3. The van der Waals surface area contributed by atoms with Crippen LogP contribution in [0.25, 0.3) is 0 Å². The Hall–Kier alpha value is -2.07. The predicted molar refractivity (Wildman–Crippen MR) is 142 cm³/mol. The van der Waals surface area contributed by atoms with Gasteiger partial charge in [0.2, 0.25) is 5.91 Å². The average molecular weight is 581 g/mol. The first-order chi connectivity index (χ1) is 17.8. The Morgan fingerprint density at radius 2 is 1.70 bits per heavy atom. The molecular weight excluding hydrogens is 542 g/mol. The molecule has 3 rings (SSSR count). The van der Waals surface area contributed by atoms with Gasteiger partial charge in [0, 0.05) is 13.0 Å². The van der Waals surface area contributed by atoms with Crippen molar-refractivity contribution in [3.8, 4) is 0 Å². The van der Waals surface area contributed by atoms with Crippen molar-refractivity contribution in [2.75, 3.05) is 13.2 Å². The van der Waals surface area contributed by atoms with Crippen LogP contribution < -0.4 is 0 Å². The van der Waals surface area contributed by atoms with Gasteiger partial charge < -0.3 is 19.7 Å². The number of hydrogen-bond donors (Lipinski definition) is 2. The largest absolute Gasteiger partial charge is 0.447 e. The second-order valence-corrected chi connectivity index (χ2v) is 10.8. The highest BCUT2D eigenvalue weighted by atomic mass is 79.9. The minimum atomic E-state index is -1.71. The number of nitrogens with zero attached hydrogens (tertiary/aromatic N) is 1. The molecule has 204 valence electrons. The van der Waals surface area contributed by atoms with Crippen molar-refractivity contribution in [2.24, 2.45) is 5.92 Å². The summed E-state index contributed by atoms with van der Waals surface area (Å²) in [5.74, 6) is -3.69. The normalized spacial score (nSPS) is 24.6. The smallest absolute Gasteiger partial charge is 0.416 e. The Kier molecular flexibility index (Phi) is 11.3. The van der Waals surface area contributed by atoms with E-state index in [1.165, 1.54) is 6.08 Å². The molecule has 2 N–H and O–H groups in total. The molecule has 37 heavy (non-hydrogen) atoms. The van der Waals surface area contributed by atoms with Crippen LogP contribution in [0.3, 0.4) is 0 Å². The topological polar surface area (TPSA) is 113 Å². The lowest BCUT2D eigenvalue weighted by Gasteiger charge is -2.37. The number of ether oxygens (including phenoxy) is 2. The average Bonchev–Trinajstić information content (AvgIpc) is 3.24. The first kappa shape index (κ1) is 29.5. The molecule has 8 nitrogen and oxygen atoms in total. The second-order valence-electron chi connectivity index (χ2n) is 9.94. The molecule has 0 unspecified atom stereocenters. The SMILES string of the molecule is C[C@@H](C(=O)N1C(=O)OC[C@H]1Cc1ccccc1)[C@@H]1O[C@@](O)(CCCCCCCCCCO)C(Br)=CC1=O. The van der Waals surface area contributed by atoms with Crippen LogP contribution in [0.1, 0.15) is 70.3 Å². The van der Waals surface area contributed by atoms with Crippen molar-refractivity contribution < 1.29 is 34.1 Å². The Bertz CT molecular complexity index is 953. The third-order valence-electron chi connectivity index (χ3n) is 7.02. The summed E-state index contributed by atoms with van der Waals surface area (Å²) in [7, 11) is 0. The zero-order chi connectivity index (χ0) is 26.8. The maximum absolute atomic E-state index is 13.4. The number of amides is 2. The molecule has 0 saturated carbocycles. The fourth-order valence-corrected chi connectivity index (χ4v) is 5.34. The maximum atomic E-state index is 13.4. The lowest BCUT2D eigenvalue weighted by atomic mass is 9.93. The van der Waals surface area contributed by atoms with Crippen LogP contribution >= 0.6 is 15.9 Å². The number of halogens is 1. The van der Waals surface area contributed by atoms with E-state index < -0.39 is 41.6 Å². The van der Waals surface area contributed by atoms with Crippen molar-refractivity contribution in [2.45, 2.75) is 89.1 Å². The number of cyclic esters (lactones) is 1. The highest BCUT2D eigenvalue weighted by Gasteiger charge is 2.48. The molecule has 1 aromatic carbocycles. The van der Waals surface area contributed by atoms with Crippen LogP contribution in [-0.2, 0) is 25.5 Å². The molecule has 2 amide bonds. The van der Waals surface area contributed by atoms with Crippen LogP contribution in [0, 0.1) is 5.92 Å². The second kappa shape index (κ2) is 14.2. The number of aliphatic hydroxyl groups is 2. The first-order valence-corrected chi connectivity index (χ1v) is 14.0. The van der Waals surface area contributed by atoms with E-state index in [2.05, 4.69) is 15.9 Å². The molecule has 1 aromatic rings. The summed E-state index contributed by atoms with van der Waals surface area (Å²) in [6.45, 7) is 1.87. The highest BCUT2D eigenvalue weighted by molar-refractivity contribution is 9.11. The van der Waals surface area contributed by atoms with Gasteiger partial charge in [-0.25, -0.2) is 9.69 Å². The van der Waals surface area contributed by atoms with E-state index >= 15 is 0 Å². The summed E-state index contributed by atoms with van der Waals surface area (Å²) >= 11 is 3.28. The summed E-state index contributed by atoms with van der Waals surface area (Å²) in [6, 6.07) is 9.03. The minimum absolute atomic E-state index is 0.0858. The molecule has 0 spiro atoms. The van der Waals surface area contributed by atoms with Crippen molar-refractivity contribution in [1.29, 1.82) is 0 Å². The van der Waals surface area contributed by atoms with Crippen LogP contribution in [0.15, 0.2) is 40.9 Å². The van der Waals surface area contributed by atoms with E-state index in [4.69, 9.17) is 14.6 Å². The molecule has 0 aromatic heterocycles. The van der Waals surface area contributed by atoms with Crippen molar-refractivity contribution in [3.05, 3.63) is 46.5 Å². The number of hydrogen-bond acceptors (Lipinski definition) is 7. The molecule has 1 saturated heterocycles. The number of aliphatic hydroxyl groups excluding tert-OH is 1. The summed E-state index contributed by atoms with van der Waals surface area (Å²) < 4.78 is 11.3. The van der Waals surface area contributed by atoms with Gasteiger partial charge in [0.05, 0.1) is 16.4 Å². The van der Waals surface area contributed by atoms with Crippen LogP contribution in [0.4, 0.5) is 4.79 Å². The van der Waals surface area contributed by atoms with Gasteiger partial charge in [-0.1, -0.05) is 75.8 Å². The van der Waals surface area contributed by atoms with E-state index in [9.17, 15) is 19.5 Å². The maximum Gasteiger partial charge on any atom is 0.416 e. The zero-order valence-electron chi connectivity index (χ0n) is 21.4. The van der Waals surface area contributed by atoms with E-state index in [0.29, 0.717) is 12.8 Å². The van der Waals surface area contributed by atoms with Gasteiger partial charge >= 0.3 is 6.09 Å². The van der Waals surface area contributed by atoms with Crippen LogP contribution in [-0.4, -0.2) is 64.0 Å². The first-order valence-electron chi connectivity index (χ1n) is 13.2. The number of carbonyl (C=O) groups is 3. The standard InChI is InChI=1S/C28H38BrNO7/c1-20(26(33)30-22(19-36-27(30)34)17-21-13-9-8-10-14-21)25-23(32)18-24(29)28(35,37-25)15-11-6-4-2-3-5-7-12-16-31/h8-10,13-14,18,20,22,25,31,35H,2-7,11-12,15-17,19H2,1H3/t20-,22-,25+,28+/m1/s1. The molecule has 0 aliphatic carbocycles. The van der Waals surface area contributed by atoms with E-state index in [1.807, 2.05) is 30.3 Å². The van der Waals surface area contributed by atoms with Gasteiger partial charge in [-0.05, 0) is 46.8 Å². The monoisotopic (exact) mass is 579 g/mol. The van der Waals surface area contributed by atoms with Gasteiger partial charge in [0.1, 0.15) is 12.7 Å². The lowest BCUT2D eigenvalue weighted by molar-refractivity contribution is -0.217. The Labute approximate surface area is 227 Å². The van der Waals surface area contributed by atoms with Crippen LogP contribution in [0.5, 0.6) is 0 Å². The van der Waals surface area contributed by atoms with Crippen molar-refractivity contribution >= 4 is 33.7 Å². The summed E-state index contributed by atoms with van der Waals surface area (Å²) in [6.07, 6.45) is 7.87. The predicted octanol–water partition coefficient (Wildman–Crippen LogP) is 4.65. The zero-order valence-corrected chi connectivity index (χ0v) is 23.0. The Morgan fingerprint density at radius 3 is 2.35 bits per heavy atom. The molecular formula is C28H38BrNO7. The highest BCUT2D eigenvalue weighted by Crippen LogP contribution is 2.37. The third-order valence-corrected chi connectivity index (χ3v) is 7.87. The Balaban J connectivity index is 1.57. The fourth-order valence-electron chi connectivity index (χ4n) is 4.82. The van der Waals surface area contributed by atoms with Crippen molar-refractivity contribution in [1.82, 2.24) is 4.90 Å². The molecule has 2 aliphatic heterocycles. The summed E-state index contributed by atoms with van der Waals surface area (Å²) in [4.78, 5) is 39.7. The number of benzene rings is 1. The van der Waals surface area contributed by atoms with Crippen molar-refractivity contribution in [3.63, 3.8) is 0 Å². The van der Waals surface area contributed by atoms with Crippen LogP contribution in [0.2, 0.25) is 0 Å². The van der Waals surface area contributed by atoms with Gasteiger partial charge in [-0.3, -0.25) is 9.59 Å². The molecule has 9 heteroatoms. The third kappa shape index (κ3) is 7.96. The van der Waals surface area contributed by atoms with E-state index in [0.717, 1.165) is 55.4 Å². The number of rotatable bonds is 14. The Morgan fingerprint density at radius 1 is 1.08 bits per heavy atom. The number of ketones is 1. The molecule has 4 atom stereocenters. The molecule has 0 radical (unpaired) electrons. The summed E-state index contributed by atoms with van der Waals surface area (Å²) in [5, 5.41) is 20.0. The fraction of sp³-hybridized carbons (Fsp3) is 0.607. The lowest BCUT2D eigenvalue weighted by Crippen LogP contribution is -2.52. The summed E-state index contributed by atoms with van der Waals surface area (Å²) in [5.41, 5.74) is 0.965. The minimum Gasteiger partial charge on any atom is -0.447 e. The van der Waals surface area contributed by atoms with E-state index in [-0.39, 0.29) is 24.1 Å². The molecule has 0 bridgehead atoms. The molecule has 2 heterocycles. The van der Waals surface area contributed by atoms with Gasteiger partial charge in [0.15, 0.2) is 11.6 Å². The molecule has 1 fully saturated rings. The van der Waals surface area contributed by atoms with E-state index in [1.54, 1.807) is 6.92 Å². The molecule has 2 aliphatic rings. The number of imide groups is 1. The van der Waals surface area contributed by atoms with Gasteiger partial charge in [-0.15, -0.1) is 0 Å². The van der Waals surface area contributed by atoms with Gasteiger partial charge in [-0.2, -0.15) is 0 Å². The van der Waals surface area contributed by atoms with Gasteiger partial charge in [0.25, 0.3) is 0 Å². The quantitative estimate of drug-likeness (QED) is 0.308.